The number of nitrogens with zero attached hydrogens (tertiary/aromatic N) is 4. The van der Waals surface area contributed by atoms with Gasteiger partial charge in [-0.2, -0.15) is 0 Å². The van der Waals surface area contributed by atoms with Gasteiger partial charge < -0.3 is 20.1 Å². The minimum atomic E-state index is -0.126. The summed E-state index contributed by atoms with van der Waals surface area (Å²) in [6, 6.07) is 10.9. The molecule has 2 N–H and O–H groups in total. The second-order valence-electron chi connectivity index (χ2n) is 11.2. The third-order valence-corrected chi connectivity index (χ3v) is 9.79. The van der Waals surface area contributed by atoms with Gasteiger partial charge in [-0.25, -0.2) is 15.0 Å². The first-order valence-corrected chi connectivity index (χ1v) is 14.3. The fourth-order valence-corrected chi connectivity index (χ4v) is 7.68. The summed E-state index contributed by atoms with van der Waals surface area (Å²) in [5.74, 6) is 2.43. The average Bonchev–Trinajstić information content (AvgIpc) is 3.53. The number of aromatic nitrogens is 3. The SMILES string of the molecule is OCc1nc(Sc2ccnc3c2OCC2(CCCC2)N3)cnc1N1CCC2(CC1)Cc1ccccc1C2. The molecule has 3 aromatic rings. The first kappa shape index (κ1) is 23.3. The van der Waals surface area contributed by atoms with Crippen molar-refractivity contribution in [3.05, 3.63) is 59.5 Å². The Bertz CT molecular complexity index is 1290. The summed E-state index contributed by atoms with van der Waals surface area (Å²) in [6.07, 6.45) is 13.0. The van der Waals surface area contributed by atoms with Crippen LogP contribution in [0.3, 0.4) is 0 Å². The highest BCUT2D eigenvalue weighted by Gasteiger charge is 2.41. The zero-order chi connectivity index (χ0) is 24.9. The van der Waals surface area contributed by atoms with Gasteiger partial charge in [-0.05, 0) is 61.1 Å². The largest absolute Gasteiger partial charge is 0.486 e. The van der Waals surface area contributed by atoms with Gasteiger partial charge in [0.25, 0.3) is 0 Å². The molecule has 8 heteroatoms. The van der Waals surface area contributed by atoms with E-state index in [1.54, 1.807) is 0 Å². The molecule has 2 fully saturated rings. The predicted octanol–water partition coefficient (Wildman–Crippen LogP) is 5.02. The predicted molar refractivity (Wildman–Crippen MR) is 144 cm³/mol. The molecule has 1 saturated carbocycles. The standard InChI is InChI=1S/C29H33N5O2S/c35-18-22-27(34-13-10-28(11-14-34)15-20-5-1-2-6-21(20)16-28)31-17-24(32-22)37-23-7-12-30-26-25(23)36-19-29(33-26)8-3-4-9-29/h1-2,5-7,12,17,35H,3-4,8-11,13-16,18-19H2,(H,30,33). The number of hydrogen-bond acceptors (Lipinski definition) is 8. The van der Waals surface area contributed by atoms with Crippen LogP contribution >= 0.6 is 11.8 Å². The average molecular weight is 516 g/mol. The van der Waals surface area contributed by atoms with Gasteiger partial charge in [0.05, 0.1) is 23.2 Å². The molecule has 0 radical (unpaired) electrons. The van der Waals surface area contributed by atoms with Crippen molar-refractivity contribution in [2.24, 2.45) is 5.41 Å². The highest BCUT2D eigenvalue weighted by Crippen LogP contribution is 2.47. The number of pyridine rings is 1. The number of fused-ring (bicyclic) bond motifs is 2. The fraction of sp³-hybridized carbons (Fsp3) is 0.483. The van der Waals surface area contributed by atoms with Gasteiger partial charge in [0, 0.05) is 19.3 Å². The van der Waals surface area contributed by atoms with Crippen molar-refractivity contribution in [2.75, 3.05) is 29.9 Å². The van der Waals surface area contributed by atoms with E-state index in [0.29, 0.717) is 17.7 Å². The molecule has 4 aliphatic rings. The lowest BCUT2D eigenvalue weighted by Gasteiger charge is -2.40. The molecular weight excluding hydrogens is 482 g/mol. The smallest absolute Gasteiger partial charge is 0.175 e. The van der Waals surface area contributed by atoms with Crippen molar-refractivity contribution >= 4 is 23.4 Å². The molecule has 37 heavy (non-hydrogen) atoms. The van der Waals surface area contributed by atoms with Gasteiger partial charge >= 0.3 is 0 Å². The van der Waals surface area contributed by atoms with Gasteiger partial charge in [-0.15, -0.1) is 0 Å². The molecule has 2 spiro atoms. The summed E-state index contributed by atoms with van der Waals surface area (Å²) in [5.41, 5.74) is 4.08. The maximum Gasteiger partial charge on any atom is 0.175 e. The van der Waals surface area contributed by atoms with E-state index in [2.05, 4.69) is 39.5 Å². The Morgan fingerprint density at radius 3 is 2.49 bits per heavy atom. The van der Waals surface area contributed by atoms with E-state index in [9.17, 15) is 5.11 Å². The highest BCUT2D eigenvalue weighted by atomic mass is 32.2. The molecule has 0 unspecified atom stereocenters. The van der Waals surface area contributed by atoms with Crippen LogP contribution in [-0.2, 0) is 19.4 Å². The molecule has 1 saturated heterocycles. The maximum absolute atomic E-state index is 10.2. The molecule has 0 bridgehead atoms. The Kier molecular flexibility index (Phi) is 5.77. The van der Waals surface area contributed by atoms with E-state index in [1.807, 2.05) is 18.5 Å². The number of ether oxygens (including phenoxy) is 1. The highest BCUT2D eigenvalue weighted by molar-refractivity contribution is 7.99. The number of piperidine rings is 1. The summed E-state index contributed by atoms with van der Waals surface area (Å²) in [7, 11) is 0. The van der Waals surface area contributed by atoms with Gasteiger partial charge in [0.15, 0.2) is 17.4 Å². The molecule has 0 atom stereocenters. The minimum absolute atomic E-state index is 0.0309. The van der Waals surface area contributed by atoms with E-state index in [4.69, 9.17) is 14.7 Å². The summed E-state index contributed by atoms with van der Waals surface area (Å²) >= 11 is 1.52. The number of aliphatic hydroxyl groups excluding tert-OH is 1. The molecule has 192 valence electrons. The van der Waals surface area contributed by atoms with Gasteiger partial charge in [0.1, 0.15) is 17.3 Å². The summed E-state index contributed by atoms with van der Waals surface area (Å²) in [6.45, 7) is 2.44. The topological polar surface area (TPSA) is 83.4 Å². The summed E-state index contributed by atoms with van der Waals surface area (Å²) < 4.78 is 6.26. The minimum Gasteiger partial charge on any atom is -0.486 e. The van der Waals surface area contributed by atoms with E-state index in [0.717, 1.165) is 66.1 Å². The van der Waals surface area contributed by atoms with Crippen LogP contribution in [0.4, 0.5) is 11.6 Å². The quantitative estimate of drug-likeness (QED) is 0.501. The van der Waals surface area contributed by atoms with Crippen LogP contribution in [0.1, 0.15) is 55.3 Å². The third-order valence-electron chi connectivity index (χ3n) is 8.84. The van der Waals surface area contributed by atoms with Crippen LogP contribution in [0, 0.1) is 5.41 Å². The van der Waals surface area contributed by atoms with Crippen molar-refractivity contribution in [3.8, 4) is 5.75 Å². The molecule has 2 aliphatic carbocycles. The number of benzene rings is 1. The molecule has 2 aliphatic heterocycles. The van der Waals surface area contributed by atoms with E-state index >= 15 is 0 Å². The molecular formula is C29H33N5O2S. The molecule has 4 heterocycles. The first-order chi connectivity index (χ1) is 18.1. The number of aliphatic hydroxyl groups is 1. The van der Waals surface area contributed by atoms with E-state index < -0.39 is 0 Å². The van der Waals surface area contributed by atoms with Gasteiger partial charge in [0.2, 0.25) is 0 Å². The zero-order valence-electron chi connectivity index (χ0n) is 21.1. The van der Waals surface area contributed by atoms with Crippen molar-refractivity contribution in [3.63, 3.8) is 0 Å². The Balaban J connectivity index is 1.06. The number of rotatable bonds is 4. The second-order valence-corrected chi connectivity index (χ2v) is 12.3. The fourth-order valence-electron chi connectivity index (χ4n) is 6.81. The van der Waals surface area contributed by atoms with Gasteiger partial charge in [-0.3, -0.25) is 0 Å². The van der Waals surface area contributed by atoms with Crippen LogP contribution in [-0.4, -0.2) is 45.3 Å². The van der Waals surface area contributed by atoms with Crippen LogP contribution in [0.25, 0.3) is 0 Å². The molecule has 7 nitrogen and oxygen atoms in total. The zero-order valence-corrected chi connectivity index (χ0v) is 21.9. The van der Waals surface area contributed by atoms with Crippen LogP contribution < -0.4 is 15.0 Å². The van der Waals surface area contributed by atoms with Crippen LogP contribution in [0.15, 0.2) is 52.6 Å². The number of hydrogen-bond donors (Lipinski definition) is 2. The monoisotopic (exact) mass is 515 g/mol. The molecule has 7 rings (SSSR count). The van der Waals surface area contributed by atoms with Crippen molar-refractivity contribution in [1.82, 2.24) is 15.0 Å². The molecule has 0 amide bonds. The molecule has 2 aromatic heterocycles. The lowest BCUT2D eigenvalue weighted by Crippen LogP contribution is -2.44. The van der Waals surface area contributed by atoms with Crippen molar-refractivity contribution in [1.29, 1.82) is 0 Å². The Morgan fingerprint density at radius 1 is 1.00 bits per heavy atom. The van der Waals surface area contributed by atoms with Crippen molar-refractivity contribution in [2.45, 2.75) is 73.4 Å². The lowest BCUT2D eigenvalue weighted by molar-refractivity contribution is 0.214. The van der Waals surface area contributed by atoms with Gasteiger partial charge in [-0.1, -0.05) is 48.9 Å². The summed E-state index contributed by atoms with van der Waals surface area (Å²) in [5, 5.41) is 14.6. The van der Waals surface area contributed by atoms with E-state index in [-0.39, 0.29) is 12.1 Å². The molecule has 1 aromatic carbocycles. The number of nitrogens with one attached hydrogen (secondary N) is 1. The second kappa shape index (κ2) is 9.17. The Labute approximate surface area is 222 Å². The van der Waals surface area contributed by atoms with E-state index in [1.165, 1.54) is 48.6 Å². The summed E-state index contributed by atoms with van der Waals surface area (Å²) in [4.78, 5) is 17.5. The first-order valence-electron chi connectivity index (χ1n) is 13.5. The maximum atomic E-state index is 10.2. The Morgan fingerprint density at radius 2 is 1.76 bits per heavy atom. The van der Waals surface area contributed by atoms with Crippen LogP contribution in [0.5, 0.6) is 5.75 Å². The van der Waals surface area contributed by atoms with Crippen molar-refractivity contribution < 1.29 is 9.84 Å². The number of anilines is 2. The third kappa shape index (κ3) is 4.24. The lowest BCUT2D eigenvalue weighted by atomic mass is 9.76. The Hall–Kier alpha value is -2.84. The van der Waals surface area contributed by atoms with Crippen LogP contribution in [0.2, 0.25) is 0 Å². The normalized spacial score (nSPS) is 20.9.